The van der Waals surface area contributed by atoms with E-state index in [1.165, 1.54) is 24.0 Å². The summed E-state index contributed by atoms with van der Waals surface area (Å²) in [6.07, 6.45) is 0. The third-order valence-electron chi connectivity index (χ3n) is 5.08. The summed E-state index contributed by atoms with van der Waals surface area (Å²) in [5.41, 5.74) is 7.07. The maximum Gasteiger partial charge on any atom is 0.270 e. The Bertz CT molecular complexity index is 1030. The molecule has 0 spiro atoms. The van der Waals surface area contributed by atoms with E-state index in [1.54, 1.807) is 6.07 Å². The van der Waals surface area contributed by atoms with Crippen molar-refractivity contribution in [3.63, 3.8) is 0 Å². The normalized spacial score (nSPS) is 13.1. The third-order valence-corrected chi connectivity index (χ3v) is 5.08. The molecule has 1 aliphatic rings. The Hall–Kier alpha value is -3.48. The highest BCUT2D eigenvalue weighted by Gasteiger charge is 2.41. The van der Waals surface area contributed by atoms with Gasteiger partial charge in [-0.15, -0.1) is 0 Å². The van der Waals surface area contributed by atoms with E-state index in [0.29, 0.717) is 5.69 Å². The van der Waals surface area contributed by atoms with Crippen LogP contribution < -0.4 is 15.8 Å². The van der Waals surface area contributed by atoms with Gasteiger partial charge in [0.1, 0.15) is 0 Å². The number of carbonyl (C=O) groups is 4. The molecule has 2 aromatic carbocycles. The summed E-state index contributed by atoms with van der Waals surface area (Å²) >= 11 is 0. The van der Waals surface area contributed by atoms with Gasteiger partial charge in [0, 0.05) is 6.92 Å². The Morgan fingerprint density at radius 3 is 1.93 bits per heavy atom. The monoisotopic (exact) mass is 407 g/mol. The van der Waals surface area contributed by atoms with Crippen molar-refractivity contribution >= 4 is 29.3 Å². The Morgan fingerprint density at radius 2 is 1.40 bits per heavy atom. The molecule has 0 saturated heterocycles. The van der Waals surface area contributed by atoms with Crippen LogP contribution in [0.4, 0.5) is 5.69 Å². The molecular formula is C23H25N3O4. The van der Waals surface area contributed by atoms with Gasteiger partial charge in [-0.1, -0.05) is 52.0 Å². The smallest absolute Gasteiger partial charge is 0.270 e. The second kappa shape index (κ2) is 8.10. The van der Waals surface area contributed by atoms with Gasteiger partial charge in [0.15, 0.2) is 0 Å². The summed E-state index contributed by atoms with van der Waals surface area (Å²) in [4.78, 5) is 51.6. The molecule has 156 valence electrons. The molecule has 30 heavy (non-hydrogen) atoms. The molecule has 0 unspecified atom stereocenters. The van der Waals surface area contributed by atoms with Gasteiger partial charge in [-0.2, -0.15) is 0 Å². The molecule has 2 aromatic rings. The standard InChI is InChI=1S/C23H25N3O4/c1-12(2)15-8-6-9-16(13(3)4)20(15)26-22(29)18-11-7-10-17(19(18)23(26)30)21(28)25-24-14(5)27/h6-13H,1-5H3,(H,24,27)(H,25,28). The summed E-state index contributed by atoms with van der Waals surface area (Å²) in [6.45, 7) is 9.28. The molecule has 0 saturated carbocycles. The second-order valence-electron chi connectivity index (χ2n) is 7.90. The fourth-order valence-electron chi connectivity index (χ4n) is 3.66. The molecule has 1 heterocycles. The fourth-order valence-corrected chi connectivity index (χ4v) is 3.66. The number of hydrogen-bond donors (Lipinski definition) is 2. The lowest BCUT2D eigenvalue weighted by Crippen LogP contribution is -2.41. The number of amides is 4. The van der Waals surface area contributed by atoms with Crippen LogP contribution in [0, 0.1) is 0 Å². The zero-order valence-corrected chi connectivity index (χ0v) is 17.7. The number of carbonyl (C=O) groups excluding carboxylic acids is 4. The Morgan fingerprint density at radius 1 is 0.833 bits per heavy atom. The molecule has 3 rings (SSSR count). The Labute approximate surface area is 175 Å². The molecule has 0 atom stereocenters. The van der Waals surface area contributed by atoms with Crippen molar-refractivity contribution in [3.8, 4) is 0 Å². The maximum atomic E-state index is 13.5. The topological polar surface area (TPSA) is 95.6 Å². The summed E-state index contributed by atoms with van der Waals surface area (Å²) in [5, 5.41) is 0. The third kappa shape index (κ3) is 3.58. The van der Waals surface area contributed by atoms with Crippen LogP contribution >= 0.6 is 0 Å². The molecule has 0 aliphatic carbocycles. The van der Waals surface area contributed by atoms with E-state index in [0.717, 1.165) is 11.1 Å². The summed E-state index contributed by atoms with van der Waals surface area (Å²) in [7, 11) is 0. The minimum atomic E-state index is -0.661. The molecule has 7 heteroatoms. The van der Waals surface area contributed by atoms with E-state index >= 15 is 0 Å². The minimum Gasteiger partial charge on any atom is -0.274 e. The van der Waals surface area contributed by atoms with Gasteiger partial charge in [-0.05, 0) is 35.1 Å². The molecule has 0 aromatic heterocycles. The van der Waals surface area contributed by atoms with Crippen LogP contribution in [0.1, 0.15) is 88.7 Å². The highest BCUT2D eigenvalue weighted by atomic mass is 16.2. The van der Waals surface area contributed by atoms with Crippen LogP contribution in [0.5, 0.6) is 0 Å². The number of hydrazine groups is 1. The first-order chi connectivity index (χ1) is 14.1. The number of hydrogen-bond acceptors (Lipinski definition) is 4. The van der Waals surface area contributed by atoms with Crippen LogP contribution in [-0.2, 0) is 4.79 Å². The Balaban J connectivity index is 2.15. The van der Waals surface area contributed by atoms with Crippen LogP contribution in [0.3, 0.4) is 0 Å². The largest absolute Gasteiger partial charge is 0.274 e. The van der Waals surface area contributed by atoms with Gasteiger partial charge in [-0.25, -0.2) is 4.90 Å². The average molecular weight is 407 g/mol. The van der Waals surface area contributed by atoms with Crippen molar-refractivity contribution in [2.75, 3.05) is 4.90 Å². The van der Waals surface area contributed by atoms with Crippen molar-refractivity contribution in [3.05, 3.63) is 64.2 Å². The Kier molecular flexibility index (Phi) is 5.73. The van der Waals surface area contributed by atoms with E-state index in [9.17, 15) is 19.2 Å². The number of nitrogens with zero attached hydrogens (tertiary/aromatic N) is 1. The molecule has 2 N–H and O–H groups in total. The number of nitrogens with one attached hydrogen (secondary N) is 2. The first-order valence-corrected chi connectivity index (χ1v) is 9.86. The highest BCUT2D eigenvalue weighted by molar-refractivity contribution is 6.36. The summed E-state index contributed by atoms with van der Waals surface area (Å²) in [5.74, 6) is -1.94. The zero-order valence-electron chi connectivity index (χ0n) is 17.7. The highest BCUT2D eigenvalue weighted by Crippen LogP contribution is 2.40. The van der Waals surface area contributed by atoms with Crippen LogP contribution in [0.2, 0.25) is 0 Å². The SMILES string of the molecule is CC(=O)NNC(=O)c1cccc2c1C(=O)N(c1c(C(C)C)cccc1C(C)C)C2=O. The number of fused-ring (bicyclic) bond motifs is 1. The van der Waals surface area contributed by atoms with Gasteiger partial charge in [0.05, 0.1) is 22.4 Å². The lowest BCUT2D eigenvalue weighted by molar-refractivity contribution is -0.119. The quantitative estimate of drug-likeness (QED) is 0.599. The lowest BCUT2D eigenvalue weighted by atomic mass is 9.92. The minimum absolute atomic E-state index is 0.0372. The van der Waals surface area contributed by atoms with E-state index < -0.39 is 23.6 Å². The van der Waals surface area contributed by atoms with Gasteiger partial charge in [0.2, 0.25) is 5.91 Å². The van der Waals surface area contributed by atoms with E-state index in [-0.39, 0.29) is 28.5 Å². The first kappa shape index (κ1) is 21.2. The zero-order chi connectivity index (χ0) is 22.2. The fraction of sp³-hybridized carbons (Fsp3) is 0.304. The van der Waals surface area contributed by atoms with Gasteiger partial charge < -0.3 is 0 Å². The molecular weight excluding hydrogens is 382 g/mol. The lowest BCUT2D eigenvalue weighted by Gasteiger charge is -2.25. The number of rotatable bonds is 4. The van der Waals surface area contributed by atoms with Crippen molar-refractivity contribution in [2.24, 2.45) is 0 Å². The van der Waals surface area contributed by atoms with Crippen molar-refractivity contribution < 1.29 is 19.2 Å². The van der Waals surface area contributed by atoms with E-state index in [1.807, 2.05) is 45.9 Å². The van der Waals surface area contributed by atoms with E-state index in [2.05, 4.69) is 10.9 Å². The number of imide groups is 1. The molecule has 0 fully saturated rings. The molecule has 4 amide bonds. The van der Waals surface area contributed by atoms with Crippen molar-refractivity contribution in [2.45, 2.75) is 46.5 Å². The van der Waals surface area contributed by atoms with Crippen LogP contribution in [-0.4, -0.2) is 23.6 Å². The van der Waals surface area contributed by atoms with Gasteiger partial charge in [0.25, 0.3) is 17.7 Å². The van der Waals surface area contributed by atoms with Gasteiger partial charge >= 0.3 is 0 Å². The number of para-hydroxylation sites is 1. The number of anilines is 1. The van der Waals surface area contributed by atoms with Crippen molar-refractivity contribution in [1.29, 1.82) is 0 Å². The van der Waals surface area contributed by atoms with Crippen LogP contribution in [0.25, 0.3) is 0 Å². The number of benzene rings is 2. The van der Waals surface area contributed by atoms with E-state index in [4.69, 9.17) is 0 Å². The predicted octanol–water partition coefficient (Wildman–Crippen LogP) is 3.51. The molecule has 0 radical (unpaired) electrons. The predicted molar refractivity (Wildman–Crippen MR) is 113 cm³/mol. The second-order valence-corrected chi connectivity index (χ2v) is 7.90. The maximum absolute atomic E-state index is 13.5. The molecule has 0 bridgehead atoms. The summed E-state index contributed by atoms with van der Waals surface area (Å²) < 4.78 is 0. The van der Waals surface area contributed by atoms with Crippen LogP contribution in [0.15, 0.2) is 36.4 Å². The first-order valence-electron chi connectivity index (χ1n) is 9.86. The van der Waals surface area contributed by atoms with Gasteiger partial charge in [-0.3, -0.25) is 30.0 Å². The summed E-state index contributed by atoms with van der Waals surface area (Å²) in [6, 6.07) is 10.3. The molecule has 7 nitrogen and oxygen atoms in total. The molecule has 1 aliphatic heterocycles. The van der Waals surface area contributed by atoms with Crippen molar-refractivity contribution in [1.82, 2.24) is 10.9 Å². The average Bonchev–Trinajstić information content (AvgIpc) is 2.95.